The molecule has 0 aromatic heterocycles. The molecule has 2 aromatic carbocycles. The van der Waals surface area contributed by atoms with Crippen molar-refractivity contribution in [2.45, 2.75) is 38.1 Å². The molecule has 6 heteroatoms. The largest absolute Gasteiger partial charge is 0.493 e. The molecule has 5 nitrogen and oxygen atoms in total. The molecule has 158 valence electrons. The lowest BCUT2D eigenvalue weighted by molar-refractivity contribution is -0.132. The maximum absolute atomic E-state index is 13.0. The number of carbonyl (C=O) groups is 2. The second-order valence-electron chi connectivity index (χ2n) is 8.23. The minimum Gasteiger partial charge on any atom is -0.493 e. The van der Waals surface area contributed by atoms with Gasteiger partial charge >= 0.3 is 0 Å². The van der Waals surface area contributed by atoms with Crippen LogP contribution in [0.5, 0.6) is 5.75 Å². The Kier molecular flexibility index (Phi) is 6.31. The van der Waals surface area contributed by atoms with Crippen LogP contribution in [0, 0.1) is 11.7 Å². The summed E-state index contributed by atoms with van der Waals surface area (Å²) in [6, 6.07) is 13.6. The Morgan fingerprint density at radius 1 is 1.03 bits per heavy atom. The lowest BCUT2D eigenvalue weighted by atomic mass is 9.98. The molecule has 1 heterocycles. The van der Waals surface area contributed by atoms with Crippen LogP contribution in [-0.4, -0.2) is 42.5 Å². The summed E-state index contributed by atoms with van der Waals surface area (Å²) in [7, 11) is 0. The molecule has 1 saturated heterocycles. The molecule has 1 saturated carbocycles. The fourth-order valence-corrected chi connectivity index (χ4v) is 3.73. The zero-order valence-corrected chi connectivity index (χ0v) is 17.0. The van der Waals surface area contributed by atoms with Crippen LogP contribution in [0.3, 0.4) is 0 Å². The highest BCUT2D eigenvalue weighted by atomic mass is 19.1. The van der Waals surface area contributed by atoms with Crippen molar-refractivity contribution in [1.82, 2.24) is 10.2 Å². The predicted octanol–water partition coefficient (Wildman–Crippen LogP) is 3.58. The van der Waals surface area contributed by atoms with E-state index in [4.69, 9.17) is 4.74 Å². The summed E-state index contributed by atoms with van der Waals surface area (Å²) in [6.45, 7) is 1.96. The van der Waals surface area contributed by atoms with Gasteiger partial charge < -0.3 is 15.0 Å². The number of ether oxygens (including phenoxy) is 1. The molecule has 0 radical (unpaired) electrons. The molecule has 2 aliphatic rings. The number of nitrogens with zero attached hydrogens (tertiary/aromatic N) is 1. The van der Waals surface area contributed by atoms with Gasteiger partial charge in [0, 0.05) is 30.6 Å². The van der Waals surface area contributed by atoms with E-state index < -0.39 is 0 Å². The summed E-state index contributed by atoms with van der Waals surface area (Å²) in [5.41, 5.74) is 1.47. The van der Waals surface area contributed by atoms with Gasteiger partial charge in [-0.25, -0.2) is 4.39 Å². The summed E-state index contributed by atoms with van der Waals surface area (Å²) < 4.78 is 19.0. The standard InChI is InChI=1S/C24H27FN2O3/c25-20-7-3-17(4-8-20)14-23(28)27-13-1-2-18(15-27)16-30-22-11-5-19(6-12-22)24(29)26-21-9-10-21/h3-8,11-12,18,21H,1-2,9-10,13-16H2,(H,26,29)/t18-/m1/s1. The van der Waals surface area contributed by atoms with Crippen molar-refractivity contribution in [1.29, 1.82) is 0 Å². The molecule has 1 N–H and O–H groups in total. The third-order valence-electron chi connectivity index (χ3n) is 5.66. The fourth-order valence-electron chi connectivity index (χ4n) is 3.73. The highest BCUT2D eigenvalue weighted by Gasteiger charge is 2.25. The molecular weight excluding hydrogens is 383 g/mol. The third kappa shape index (κ3) is 5.59. The minimum atomic E-state index is -0.294. The lowest BCUT2D eigenvalue weighted by Crippen LogP contribution is -2.42. The Hall–Kier alpha value is -2.89. The molecule has 0 bridgehead atoms. The second kappa shape index (κ2) is 9.28. The minimum absolute atomic E-state index is 0.0355. The number of likely N-dealkylation sites (tertiary alicyclic amines) is 1. The zero-order chi connectivity index (χ0) is 20.9. The Morgan fingerprint density at radius 2 is 1.77 bits per heavy atom. The van der Waals surface area contributed by atoms with Crippen molar-refractivity contribution in [3.8, 4) is 5.75 Å². The van der Waals surface area contributed by atoms with Crippen LogP contribution in [-0.2, 0) is 11.2 Å². The van der Waals surface area contributed by atoms with Crippen molar-refractivity contribution in [2.24, 2.45) is 5.92 Å². The summed E-state index contributed by atoms with van der Waals surface area (Å²) >= 11 is 0. The van der Waals surface area contributed by atoms with Crippen LogP contribution in [0.15, 0.2) is 48.5 Å². The molecule has 1 aliphatic carbocycles. The monoisotopic (exact) mass is 410 g/mol. The van der Waals surface area contributed by atoms with Gasteiger partial charge in [0.2, 0.25) is 5.91 Å². The van der Waals surface area contributed by atoms with Gasteiger partial charge in [0.05, 0.1) is 13.0 Å². The van der Waals surface area contributed by atoms with Crippen molar-refractivity contribution >= 4 is 11.8 Å². The Morgan fingerprint density at radius 3 is 2.47 bits per heavy atom. The zero-order valence-electron chi connectivity index (χ0n) is 17.0. The number of hydrogen-bond acceptors (Lipinski definition) is 3. The molecule has 2 amide bonds. The maximum atomic E-state index is 13.0. The van der Waals surface area contributed by atoms with Crippen LogP contribution in [0.2, 0.25) is 0 Å². The van der Waals surface area contributed by atoms with Crippen LogP contribution in [0.25, 0.3) is 0 Å². The van der Waals surface area contributed by atoms with Crippen LogP contribution < -0.4 is 10.1 Å². The first-order chi connectivity index (χ1) is 14.6. The van der Waals surface area contributed by atoms with Crippen molar-refractivity contribution < 1.29 is 18.7 Å². The van der Waals surface area contributed by atoms with Gasteiger partial charge in [-0.3, -0.25) is 9.59 Å². The maximum Gasteiger partial charge on any atom is 0.251 e. The predicted molar refractivity (Wildman–Crippen MR) is 112 cm³/mol. The van der Waals surface area contributed by atoms with E-state index in [9.17, 15) is 14.0 Å². The van der Waals surface area contributed by atoms with Crippen molar-refractivity contribution in [3.05, 3.63) is 65.5 Å². The highest BCUT2D eigenvalue weighted by Crippen LogP contribution is 2.22. The molecule has 0 unspecified atom stereocenters. The number of piperidine rings is 1. The molecule has 30 heavy (non-hydrogen) atoms. The topological polar surface area (TPSA) is 58.6 Å². The Bertz CT molecular complexity index is 878. The number of carbonyl (C=O) groups excluding carboxylic acids is 2. The quantitative estimate of drug-likeness (QED) is 0.759. The van der Waals surface area contributed by atoms with Gasteiger partial charge in [0.25, 0.3) is 5.91 Å². The van der Waals surface area contributed by atoms with E-state index >= 15 is 0 Å². The number of halogens is 1. The number of benzene rings is 2. The summed E-state index contributed by atoms with van der Waals surface area (Å²) in [5.74, 6) is 0.739. The first kappa shape index (κ1) is 20.4. The molecule has 2 fully saturated rings. The second-order valence-corrected chi connectivity index (χ2v) is 8.23. The Balaban J connectivity index is 1.25. The van der Waals surface area contributed by atoms with Gasteiger partial charge in [0.1, 0.15) is 11.6 Å². The van der Waals surface area contributed by atoms with Crippen molar-refractivity contribution in [2.75, 3.05) is 19.7 Å². The van der Waals surface area contributed by atoms with E-state index in [1.54, 1.807) is 24.3 Å². The number of hydrogen-bond donors (Lipinski definition) is 1. The van der Waals surface area contributed by atoms with Crippen LogP contribution in [0.4, 0.5) is 4.39 Å². The first-order valence-corrected chi connectivity index (χ1v) is 10.6. The van der Waals surface area contributed by atoms with E-state index in [0.29, 0.717) is 24.8 Å². The van der Waals surface area contributed by atoms with Crippen LogP contribution in [0.1, 0.15) is 41.6 Å². The third-order valence-corrected chi connectivity index (χ3v) is 5.66. The molecule has 0 spiro atoms. The fraction of sp³-hybridized carbons (Fsp3) is 0.417. The van der Waals surface area contributed by atoms with E-state index in [0.717, 1.165) is 43.5 Å². The van der Waals surface area contributed by atoms with E-state index in [1.165, 1.54) is 12.1 Å². The van der Waals surface area contributed by atoms with Crippen LogP contribution >= 0.6 is 0 Å². The first-order valence-electron chi connectivity index (χ1n) is 10.6. The number of amides is 2. The number of rotatable bonds is 7. The number of nitrogens with one attached hydrogen (secondary N) is 1. The van der Waals surface area contributed by atoms with Gasteiger partial charge in [-0.05, 0) is 67.6 Å². The van der Waals surface area contributed by atoms with Gasteiger partial charge in [0.15, 0.2) is 0 Å². The molecular formula is C24H27FN2O3. The average molecular weight is 410 g/mol. The van der Waals surface area contributed by atoms with Crippen molar-refractivity contribution in [3.63, 3.8) is 0 Å². The van der Waals surface area contributed by atoms with Gasteiger partial charge in [-0.15, -0.1) is 0 Å². The lowest BCUT2D eigenvalue weighted by Gasteiger charge is -2.32. The average Bonchev–Trinajstić information content (AvgIpc) is 3.58. The SMILES string of the molecule is O=C(NC1CC1)c1ccc(OC[C@@H]2CCCN(C(=O)Cc3ccc(F)cc3)C2)cc1. The van der Waals surface area contributed by atoms with E-state index in [1.807, 2.05) is 17.0 Å². The molecule has 1 aliphatic heterocycles. The summed E-state index contributed by atoms with van der Waals surface area (Å²) in [5, 5.41) is 2.97. The normalized spacial score (nSPS) is 18.7. The van der Waals surface area contributed by atoms with E-state index in [-0.39, 0.29) is 30.0 Å². The Labute approximate surface area is 176 Å². The molecule has 1 atom stereocenters. The summed E-state index contributed by atoms with van der Waals surface area (Å²) in [6.07, 6.45) is 4.39. The summed E-state index contributed by atoms with van der Waals surface area (Å²) in [4.78, 5) is 26.5. The van der Waals surface area contributed by atoms with Gasteiger partial charge in [-0.1, -0.05) is 12.1 Å². The van der Waals surface area contributed by atoms with E-state index in [2.05, 4.69) is 5.32 Å². The smallest absolute Gasteiger partial charge is 0.251 e. The van der Waals surface area contributed by atoms with Gasteiger partial charge in [-0.2, -0.15) is 0 Å². The molecule has 2 aromatic rings. The molecule has 4 rings (SSSR count). The highest BCUT2D eigenvalue weighted by molar-refractivity contribution is 5.94.